The van der Waals surface area contributed by atoms with Gasteiger partial charge in [-0.05, 0) is 90.8 Å². The molecule has 0 aliphatic carbocycles. The molecule has 10 rings (SSSR count). The summed E-state index contributed by atoms with van der Waals surface area (Å²) in [4.78, 5) is 2.45. The summed E-state index contributed by atoms with van der Waals surface area (Å²) in [7, 11) is 0. The molecule has 0 aliphatic rings. The second kappa shape index (κ2) is 13.2. The van der Waals surface area contributed by atoms with Crippen LogP contribution in [0.25, 0.3) is 75.1 Å². The van der Waals surface area contributed by atoms with Crippen LogP contribution in [0, 0.1) is 0 Å². The minimum Gasteiger partial charge on any atom is -0.337 e. The quantitative estimate of drug-likeness (QED) is 0.161. The number of anilines is 2. The fraction of sp³-hybridized carbons (Fsp3) is 0.0196. The topological polar surface area (TPSA) is 3.24 Å². The third-order valence-corrected chi connectivity index (χ3v) is 11.9. The van der Waals surface area contributed by atoms with E-state index in [0.29, 0.717) is 0 Å². The maximum atomic E-state index is 2.45. The van der Waals surface area contributed by atoms with Crippen LogP contribution in [0.4, 0.5) is 11.4 Å². The zero-order valence-corrected chi connectivity index (χ0v) is 29.9. The number of thiophene rings is 1. The molecule has 10 aromatic rings. The Morgan fingerprint density at radius 3 is 1.72 bits per heavy atom. The molecule has 0 saturated heterocycles. The molecule has 0 aliphatic heterocycles. The van der Waals surface area contributed by atoms with Crippen LogP contribution in [-0.4, -0.2) is 0 Å². The minimum atomic E-state index is 0.728. The van der Waals surface area contributed by atoms with E-state index in [1.165, 1.54) is 80.7 Å². The molecule has 0 radical (unpaired) electrons. The predicted octanol–water partition coefficient (Wildman–Crippen LogP) is 14.7. The van der Waals surface area contributed by atoms with E-state index in [9.17, 15) is 0 Å². The summed E-state index contributed by atoms with van der Waals surface area (Å²) >= 11 is 1.91. The van der Waals surface area contributed by atoms with Crippen molar-refractivity contribution in [1.82, 2.24) is 0 Å². The van der Waals surface area contributed by atoms with Crippen molar-refractivity contribution < 1.29 is 0 Å². The SMILES string of the molecule is c1ccc(-c2ccc(N(Cc3ccccc3-c3ccc4ccccc4c3)c3ccc(-c4cccc5c4sc4c6ccccc6ccc54)cc3)cc2)cc1. The largest absolute Gasteiger partial charge is 0.337 e. The van der Waals surface area contributed by atoms with E-state index >= 15 is 0 Å². The molecule has 0 N–H and O–H groups in total. The maximum Gasteiger partial charge on any atom is 0.0487 e. The molecule has 0 atom stereocenters. The molecule has 0 saturated carbocycles. The van der Waals surface area contributed by atoms with Crippen LogP contribution in [0.5, 0.6) is 0 Å². The van der Waals surface area contributed by atoms with Crippen LogP contribution in [-0.2, 0) is 6.54 Å². The molecule has 1 aromatic heterocycles. The van der Waals surface area contributed by atoms with Gasteiger partial charge in [0.05, 0.1) is 0 Å². The van der Waals surface area contributed by atoms with Crippen molar-refractivity contribution in [2.75, 3.05) is 4.90 Å². The molecular formula is C51H35NS. The second-order valence-corrected chi connectivity index (χ2v) is 14.7. The van der Waals surface area contributed by atoms with Crippen molar-refractivity contribution in [3.63, 3.8) is 0 Å². The molecule has 0 unspecified atom stereocenters. The van der Waals surface area contributed by atoms with Gasteiger partial charge < -0.3 is 4.90 Å². The van der Waals surface area contributed by atoms with Gasteiger partial charge in [0.1, 0.15) is 0 Å². The second-order valence-electron chi connectivity index (χ2n) is 13.7. The standard InChI is InChI=1S/C51H35NS/c1-2-11-35(12-3-1)37-23-28-43(29-24-37)52(34-42-16-7-8-17-45(42)41-22-21-36-13-4-5-15-40(36)33-41)44-30-25-39(26-31-44)47-19-10-20-48-49-32-27-38-14-6-9-18-46(38)51(49)53-50(47)48/h1-33H,34H2. The highest BCUT2D eigenvalue weighted by molar-refractivity contribution is 7.27. The third-order valence-electron chi connectivity index (χ3n) is 10.6. The maximum absolute atomic E-state index is 2.45. The lowest BCUT2D eigenvalue weighted by molar-refractivity contribution is 0.977. The van der Waals surface area contributed by atoms with Crippen LogP contribution in [0.15, 0.2) is 200 Å². The summed E-state index contributed by atoms with van der Waals surface area (Å²) in [6.07, 6.45) is 0. The molecular weight excluding hydrogens is 659 g/mol. The van der Waals surface area contributed by atoms with Gasteiger partial charge in [0.2, 0.25) is 0 Å². The Morgan fingerprint density at radius 1 is 0.340 bits per heavy atom. The Kier molecular flexibility index (Phi) is 7.82. The number of rotatable bonds is 7. The van der Waals surface area contributed by atoms with Crippen LogP contribution < -0.4 is 4.90 Å². The smallest absolute Gasteiger partial charge is 0.0487 e. The Hall–Kier alpha value is -6.48. The summed E-state index contributed by atoms with van der Waals surface area (Å²) in [5.74, 6) is 0. The van der Waals surface area contributed by atoms with Crippen molar-refractivity contribution in [2.45, 2.75) is 6.54 Å². The zero-order valence-electron chi connectivity index (χ0n) is 29.1. The fourth-order valence-electron chi connectivity index (χ4n) is 7.84. The Bertz CT molecular complexity index is 2900. The van der Waals surface area contributed by atoms with E-state index < -0.39 is 0 Å². The number of hydrogen-bond donors (Lipinski definition) is 0. The summed E-state index contributed by atoms with van der Waals surface area (Å²) in [6.45, 7) is 0.728. The lowest BCUT2D eigenvalue weighted by Gasteiger charge is -2.27. The van der Waals surface area contributed by atoms with Crippen LogP contribution in [0.2, 0.25) is 0 Å². The molecule has 0 amide bonds. The normalized spacial score (nSPS) is 11.5. The molecule has 9 aromatic carbocycles. The Morgan fingerprint density at radius 2 is 0.906 bits per heavy atom. The van der Waals surface area contributed by atoms with Crippen molar-refractivity contribution in [1.29, 1.82) is 0 Å². The molecule has 0 bridgehead atoms. The van der Waals surface area contributed by atoms with Gasteiger partial charge >= 0.3 is 0 Å². The van der Waals surface area contributed by atoms with Crippen LogP contribution >= 0.6 is 11.3 Å². The molecule has 250 valence electrons. The van der Waals surface area contributed by atoms with Crippen molar-refractivity contribution in [3.05, 3.63) is 206 Å². The number of fused-ring (bicyclic) bond motifs is 6. The van der Waals surface area contributed by atoms with Gasteiger partial charge in [-0.2, -0.15) is 0 Å². The van der Waals surface area contributed by atoms with Crippen LogP contribution in [0.3, 0.4) is 0 Å². The Labute approximate surface area is 313 Å². The van der Waals surface area contributed by atoms with E-state index in [1.54, 1.807) is 0 Å². The molecule has 53 heavy (non-hydrogen) atoms. The van der Waals surface area contributed by atoms with Gasteiger partial charge in [0.25, 0.3) is 0 Å². The molecule has 0 fully saturated rings. The highest BCUT2D eigenvalue weighted by Gasteiger charge is 2.17. The van der Waals surface area contributed by atoms with E-state index in [-0.39, 0.29) is 0 Å². The highest BCUT2D eigenvalue weighted by atomic mass is 32.1. The van der Waals surface area contributed by atoms with Gasteiger partial charge in [0, 0.05) is 38.1 Å². The molecule has 1 nitrogen and oxygen atoms in total. The average Bonchev–Trinajstić information content (AvgIpc) is 3.63. The summed E-state index contributed by atoms with van der Waals surface area (Å²) in [5.41, 5.74) is 11.0. The van der Waals surface area contributed by atoms with Crippen molar-refractivity contribution in [2.24, 2.45) is 0 Å². The summed E-state index contributed by atoms with van der Waals surface area (Å²) in [6, 6.07) is 73.1. The first-order valence-electron chi connectivity index (χ1n) is 18.2. The summed E-state index contributed by atoms with van der Waals surface area (Å²) in [5, 5.41) is 7.78. The van der Waals surface area contributed by atoms with E-state index in [0.717, 1.165) is 17.9 Å². The lowest BCUT2D eigenvalue weighted by atomic mass is 9.96. The van der Waals surface area contributed by atoms with Crippen LogP contribution in [0.1, 0.15) is 5.56 Å². The average molecular weight is 694 g/mol. The van der Waals surface area contributed by atoms with Gasteiger partial charge in [0.15, 0.2) is 0 Å². The Balaban J connectivity index is 1.06. The van der Waals surface area contributed by atoms with E-state index in [4.69, 9.17) is 0 Å². The first-order valence-corrected chi connectivity index (χ1v) is 19.0. The molecule has 2 heteroatoms. The monoisotopic (exact) mass is 693 g/mol. The minimum absolute atomic E-state index is 0.728. The number of benzene rings is 9. The number of hydrogen-bond acceptors (Lipinski definition) is 2. The first-order chi connectivity index (χ1) is 26.3. The van der Waals surface area contributed by atoms with Gasteiger partial charge in [-0.3, -0.25) is 0 Å². The third kappa shape index (κ3) is 5.74. The highest BCUT2D eigenvalue weighted by Crippen LogP contribution is 2.43. The van der Waals surface area contributed by atoms with E-state index in [2.05, 4.69) is 205 Å². The van der Waals surface area contributed by atoms with Gasteiger partial charge in [-0.25, -0.2) is 0 Å². The van der Waals surface area contributed by atoms with Crippen molar-refractivity contribution in [3.8, 4) is 33.4 Å². The predicted molar refractivity (Wildman–Crippen MR) is 229 cm³/mol. The van der Waals surface area contributed by atoms with Crippen molar-refractivity contribution >= 4 is 64.4 Å². The fourth-order valence-corrected chi connectivity index (χ4v) is 9.21. The van der Waals surface area contributed by atoms with E-state index in [1.807, 2.05) is 11.3 Å². The number of nitrogens with zero attached hydrogens (tertiary/aromatic N) is 1. The lowest BCUT2D eigenvalue weighted by Crippen LogP contribution is -2.17. The molecule has 1 heterocycles. The van der Waals surface area contributed by atoms with Gasteiger partial charge in [-0.1, -0.05) is 170 Å². The zero-order chi connectivity index (χ0) is 35.1. The molecule has 0 spiro atoms. The first kappa shape index (κ1) is 31.3. The van der Waals surface area contributed by atoms with Gasteiger partial charge in [-0.15, -0.1) is 11.3 Å². The summed E-state index contributed by atoms with van der Waals surface area (Å²) < 4.78 is 2.70.